The predicted molar refractivity (Wildman–Crippen MR) is 90.3 cm³/mol. The number of methoxy groups -OCH3 is 1. The van der Waals surface area contributed by atoms with Crippen molar-refractivity contribution in [3.05, 3.63) is 53.7 Å². The van der Waals surface area contributed by atoms with Gasteiger partial charge in [-0.25, -0.2) is 0 Å². The molecule has 0 amide bonds. The first-order valence-electron chi connectivity index (χ1n) is 7.47. The first-order valence-corrected chi connectivity index (χ1v) is 7.47. The number of nitrogens with two attached hydrogens (primary N) is 1. The van der Waals surface area contributed by atoms with E-state index in [1.54, 1.807) is 7.11 Å². The Morgan fingerprint density at radius 3 is 2.50 bits per heavy atom. The van der Waals surface area contributed by atoms with Crippen LogP contribution < -0.4 is 10.5 Å². The van der Waals surface area contributed by atoms with Gasteiger partial charge in [0.05, 0.1) is 24.9 Å². The van der Waals surface area contributed by atoms with E-state index in [1.807, 2.05) is 35.0 Å². The number of rotatable bonds is 4. The van der Waals surface area contributed by atoms with Crippen molar-refractivity contribution in [2.24, 2.45) is 0 Å². The maximum absolute atomic E-state index is 5.94. The van der Waals surface area contributed by atoms with E-state index in [0.717, 1.165) is 34.6 Å². The molecule has 0 aliphatic rings. The molecule has 4 nitrogen and oxygen atoms in total. The summed E-state index contributed by atoms with van der Waals surface area (Å²) < 4.78 is 7.25. The standard InChI is InChI=1S/C18H21N3O/c1-12(2)18-16-10-14(19)6-9-17(16)21(20-18)11-13-4-7-15(22-3)8-5-13/h4-10,12H,11,19H2,1-3H3. The summed E-state index contributed by atoms with van der Waals surface area (Å²) >= 11 is 0. The number of nitrogen functional groups attached to an aromatic ring is 1. The molecule has 0 radical (unpaired) electrons. The first kappa shape index (κ1) is 14.4. The summed E-state index contributed by atoms with van der Waals surface area (Å²) in [6.07, 6.45) is 0. The van der Waals surface area contributed by atoms with Crippen molar-refractivity contribution >= 4 is 16.6 Å². The summed E-state index contributed by atoms with van der Waals surface area (Å²) in [5.41, 5.74) is 10.1. The van der Waals surface area contributed by atoms with Gasteiger partial charge in [0.2, 0.25) is 0 Å². The summed E-state index contributed by atoms with van der Waals surface area (Å²) in [5, 5.41) is 5.94. The molecule has 0 saturated carbocycles. The second-order valence-electron chi connectivity index (χ2n) is 5.82. The van der Waals surface area contributed by atoms with Gasteiger partial charge in [-0.05, 0) is 41.8 Å². The Kier molecular flexibility index (Phi) is 3.75. The number of fused-ring (bicyclic) bond motifs is 1. The van der Waals surface area contributed by atoms with Gasteiger partial charge >= 0.3 is 0 Å². The Labute approximate surface area is 130 Å². The third-order valence-corrected chi connectivity index (χ3v) is 3.84. The Hall–Kier alpha value is -2.49. The van der Waals surface area contributed by atoms with E-state index in [0.29, 0.717) is 5.92 Å². The molecule has 0 unspecified atom stereocenters. The van der Waals surface area contributed by atoms with Crippen LogP contribution in [-0.4, -0.2) is 16.9 Å². The van der Waals surface area contributed by atoms with Crippen molar-refractivity contribution in [2.75, 3.05) is 12.8 Å². The molecule has 4 heteroatoms. The van der Waals surface area contributed by atoms with Crippen LogP contribution in [0.4, 0.5) is 5.69 Å². The Bertz CT molecular complexity index is 788. The van der Waals surface area contributed by atoms with Gasteiger partial charge in [0.15, 0.2) is 0 Å². The molecular formula is C18H21N3O. The third kappa shape index (κ3) is 2.64. The molecule has 2 aromatic carbocycles. The molecule has 1 aromatic heterocycles. The van der Waals surface area contributed by atoms with Crippen LogP contribution in [0.15, 0.2) is 42.5 Å². The zero-order valence-electron chi connectivity index (χ0n) is 13.2. The lowest BCUT2D eigenvalue weighted by Gasteiger charge is -2.05. The van der Waals surface area contributed by atoms with Gasteiger partial charge in [0, 0.05) is 11.1 Å². The molecule has 0 spiro atoms. The SMILES string of the molecule is COc1ccc(Cn2nc(C(C)C)c3cc(N)ccc32)cc1. The fourth-order valence-electron chi connectivity index (χ4n) is 2.67. The first-order chi connectivity index (χ1) is 10.6. The smallest absolute Gasteiger partial charge is 0.118 e. The predicted octanol–water partition coefficient (Wildman–Crippen LogP) is 3.80. The number of ether oxygens (including phenoxy) is 1. The van der Waals surface area contributed by atoms with E-state index in [9.17, 15) is 0 Å². The number of aromatic nitrogens is 2. The molecule has 0 aliphatic carbocycles. The van der Waals surface area contributed by atoms with Gasteiger partial charge < -0.3 is 10.5 Å². The number of hydrogen-bond acceptors (Lipinski definition) is 3. The molecule has 0 fully saturated rings. The van der Waals surface area contributed by atoms with Gasteiger partial charge in [0.25, 0.3) is 0 Å². The average molecular weight is 295 g/mol. The molecule has 3 aromatic rings. The van der Waals surface area contributed by atoms with Crippen molar-refractivity contribution in [1.82, 2.24) is 9.78 Å². The highest BCUT2D eigenvalue weighted by atomic mass is 16.5. The topological polar surface area (TPSA) is 53.1 Å². The van der Waals surface area contributed by atoms with Crippen molar-refractivity contribution in [3.63, 3.8) is 0 Å². The molecule has 22 heavy (non-hydrogen) atoms. The van der Waals surface area contributed by atoms with Gasteiger partial charge in [-0.3, -0.25) is 4.68 Å². The fourth-order valence-corrected chi connectivity index (χ4v) is 2.67. The lowest BCUT2D eigenvalue weighted by atomic mass is 10.1. The molecule has 3 rings (SSSR count). The molecule has 0 aliphatic heterocycles. The van der Waals surface area contributed by atoms with E-state index < -0.39 is 0 Å². The van der Waals surface area contributed by atoms with E-state index in [-0.39, 0.29) is 0 Å². The van der Waals surface area contributed by atoms with E-state index in [4.69, 9.17) is 15.6 Å². The van der Waals surface area contributed by atoms with E-state index in [2.05, 4.69) is 26.0 Å². The Morgan fingerprint density at radius 1 is 1.14 bits per heavy atom. The molecule has 114 valence electrons. The van der Waals surface area contributed by atoms with Crippen molar-refractivity contribution < 1.29 is 4.74 Å². The van der Waals surface area contributed by atoms with Gasteiger partial charge in [-0.15, -0.1) is 0 Å². The normalized spacial score (nSPS) is 11.3. The summed E-state index contributed by atoms with van der Waals surface area (Å²) in [5.74, 6) is 1.23. The maximum Gasteiger partial charge on any atom is 0.118 e. The number of benzene rings is 2. The average Bonchev–Trinajstić information content (AvgIpc) is 2.86. The van der Waals surface area contributed by atoms with Crippen LogP contribution >= 0.6 is 0 Å². The van der Waals surface area contributed by atoms with Crippen molar-refractivity contribution in [1.29, 1.82) is 0 Å². The van der Waals surface area contributed by atoms with Crippen LogP contribution in [0.2, 0.25) is 0 Å². The molecular weight excluding hydrogens is 274 g/mol. The van der Waals surface area contributed by atoms with Crippen molar-refractivity contribution in [3.8, 4) is 5.75 Å². The quantitative estimate of drug-likeness (QED) is 0.745. The van der Waals surface area contributed by atoms with Gasteiger partial charge in [-0.1, -0.05) is 26.0 Å². The van der Waals surface area contributed by atoms with Gasteiger partial charge in [0.1, 0.15) is 5.75 Å². The summed E-state index contributed by atoms with van der Waals surface area (Å²) in [6, 6.07) is 14.1. The third-order valence-electron chi connectivity index (χ3n) is 3.84. The van der Waals surface area contributed by atoms with Crippen LogP contribution in [0.5, 0.6) is 5.75 Å². The minimum atomic E-state index is 0.362. The highest BCUT2D eigenvalue weighted by Gasteiger charge is 2.13. The molecule has 0 saturated heterocycles. The second-order valence-corrected chi connectivity index (χ2v) is 5.82. The zero-order chi connectivity index (χ0) is 15.7. The molecule has 0 atom stereocenters. The molecule has 2 N–H and O–H groups in total. The van der Waals surface area contributed by atoms with Crippen LogP contribution in [0.3, 0.4) is 0 Å². The highest BCUT2D eigenvalue weighted by Crippen LogP contribution is 2.27. The lowest BCUT2D eigenvalue weighted by Crippen LogP contribution is -2.02. The minimum absolute atomic E-state index is 0.362. The van der Waals surface area contributed by atoms with Crippen LogP contribution in [0.25, 0.3) is 10.9 Å². The number of anilines is 1. The Balaban J connectivity index is 2.02. The summed E-state index contributed by atoms with van der Waals surface area (Å²) in [7, 11) is 1.68. The maximum atomic E-state index is 5.94. The van der Waals surface area contributed by atoms with E-state index >= 15 is 0 Å². The summed E-state index contributed by atoms with van der Waals surface area (Å²) in [6.45, 7) is 5.04. The second kappa shape index (κ2) is 5.72. The monoisotopic (exact) mass is 295 g/mol. The number of nitrogens with zero attached hydrogens (tertiary/aromatic N) is 2. The Morgan fingerprint density at radius 2 is 1.86 bits per heavy atom. The molecule has 1 heterocycles. The highest BCUT2D eigenvalue weighted by molar-refractivity contribution is 5.85. The summed E-state index contributed by atoms with van der Waals surface area (Å²) in [4.78, 5) is 0. The zero-order valence-corrected chi connectivity index (χ0v) is 13.2. The minimum Gasteiger partial charge on any atom is -0.497 e. The lowest BCUT2D eigenvalue weighted by molar-refractivity contribution is 0.414. The fraction of sp³-hybridized carbons (Fsp3) is 0.278. The van der Waals surface area contributed by atoms with Crippen LogP contribution in [-0.2, 0) is 6.54 Å². The number of hydrogen-bond donors (Lipinski definition) is 1. The van der Waals surface area contributed by atoms with E-state index in [1.165, 1.54) is 5.56 Å². The van der Waals surface area contributed by atoms with Crippen LogP contribution in [0.1, 0.15) is 31.0 Å². The van der Waals surface area contributed by atoms with Crippen LogP contribution in [0, 0.1) is 0 Å². The van der Waals surface area contributed by atoms with Gasteiger partial charge in [-0.2, -0.15) is 5.10 Å². The molecule has 0 bridgehead atoms. The largest absolute Gasteiger partial charge is 0.497 e. The van der Waals surface area contributed by atoms with Crippen molar-refractivity contribution in [2.45, 2.75) is 26.3 Å².